The van der Waals surface area contributed by atoms with E-state index in [0.29, 0.717) is 11.5 Å². The molecule has 1 heterocycles. The van der Waals surface area contributed by atoms with E-state index in [4.69, 9.17) is 0 Å². The first-order chi connectivity index (χ1) is 7.96. The molecule has 0 spiro atoms. The highest BCUT2D eigenvalue weighted by Gasteiger charge is 2.21. The number of rotatable bonds is 6. The van der Waals surface area contributed by atoms with Crippen LogP contribution < -0.4 is 5.32 Å². The van der Waals surface area contributed by atoms with Gasteiger partial charge in [-0.15, -0.1) is 0 Å². The van der Waals surface area contributed by atoms with Gasteiger partial charge in [0.2, 0.25) is 0 Å². The lowest BCUT2D eigenvalue weighted by atomic mass is 9.81. The highest BCUT2D eigenvalue weighted by atomic mass is 14.9. The Hall–Kier alpha value is -0.890. The number of hydrogen-bond donors (Lipinski definition) is 1. The number of nitrogens with one attached hydrogen (secondary N) is 1. The van der Waals surface area contributed by atoms with Crippen molar-refractivity contribution in [2.75, 3.05) is 7.05 Å². The van der Waals surface area contributed by atoms with Gasteiger partial charge in [0.15, 0.2) is 0 Å². The maximum atomic E-state index is 4.55. The van der Waals surface area contributed by atoms with Gasteiger partial charge in [0.1, 0.15) is 0 Å². The first kappa shape index (κ1) is 14.2. The van der Waals surface area contributed by atoms with E-state index in [9.17, 15) is 0 Å². The summed E-state index contributed by atoms with van der Waals surface area (Å²) in [6.07, 6.45) is 5.28. The van der Waals surface area contributed by atoms with Crippen molar-refractivity contribution in [2.45, 2.75) is 53.0 Å². The molecule has 0 aromatic carbocycles. The van der Waals surface area contributed by atoms with Crippen LogP contribution in [0.4, 0.5) is 0 Å². The molecular formula is C15H26N2. The molecule has 0 radical (unpaired) electrons. The molecular weight excluding hydrogens is 208 g/mol. The Balaban J connectivity index is 2.62. The van der Waals surface area contributed by atoms with Crippen molar-refractivity contribution < 1.29 is 0 Å². The molecule has 1 rings (SSSR count). The maximum Gasteiger partial charge on any atom is 0.0409 e. The van der Waals surface area contributed by atoms with Crippen LogP contribution in [0.25, 0.3) is 0 Å². The molecule has 0 aliphatic carbocycles. The average Bonchev–Trinajstić information content (AvgIpc) is 2.28. The largest absolute Gasteiger partial charge is 0.317 e. The van der Waals surface area contributed by atoms with Crippen LogP contribution in [0.15, 0.2) is 18.3 Å². The lowest BCUT2D eigenvalue weighted by molar-refractivity contribution is 0.291. The molecule has 2 heteroatoms. The summed E-state index contributed by atoms with van der Waals surface area (Å²) < 4.78 is 0. The normalized spacial score (nSPS) is 13.7. The summed E-state index contributed by atoms with van der Waals surface area (Å²) in [6.45, 7) is 9.02. The predicted octanol–water partition coefficient (Wildman–Crippen LogP) is 3.21. The van der Waals surface area contributed by atoms with E-state index in [-0.39, 0.29) is 0 Å². The fourth-order valence-corrected chi connectivity index (χ4v) is 2.26. The Morgan fingerprint density at radius 3 is 2.53 bits per heavy atom. The summed E-state index contributed by atoms with van der Waals surface area (Å²) in [5.41, 5.74) is 2.81. The van der Waals surface area contributed by atoms with Crippen molar-refractivity contribution in [1.29, 1.82) is 0 Å². The van der Waals surface area contributed by atoms with Crippen molar-refractivity contribution in [3.63, 3.8) is 0 Å². The minimum absolute atomic E-state index is 0.295. The Morgan fingerprint density at radius 1 is 1.35 bits per heavy atom. The summed E-state index contributed by atoms with van der Waals surface area (Å²) >= 11 is 0. The van der Waals surface area contributed by atoms with E-state index in [1.165, 1.54) is 17.7 Å². The molecule has 1 aromatic rings. The van der Waals surface area contributed by atoms with Gasteiger partial charge < -0.3 is 5.32 Å². The molecule has 2 nitrogen and oxygen atoms in total. The third-order valence-corrected chi connectivity index (χ3v) is 3.31. The van der Waals surface area contributed by atoms with Crippen molar-refractivity contribution in [3.8, 4) is 0 Å². The van der Waals surface area contributed by atoms with Crippen LogP contribution in [-0.2, 0) is 12.8 Å². The summed E-state index contributed by atoms with van der Waals surface area (Å²) in [6, 6.07) is 4.92. The first-order valence-electron chi connectivity index (χ1n) is 6.58. The van der Waals surface area contributed by atoms with Gasteiger partial charge in [0.25, 0.3) is 0 Å². The number of aromatic nitrogens is 1. The fraction of sp³-hybridized carbons (Fsp3) is 0.667. The zero-order chi connectivity index (χ0) is 12.9. The van der Waals surface area contributed by atoms with Crippen LogP contribution >= 0.6 is 0 Å². The third kappa shape index (κ3) is 4.86. The van der Waals surface area contributed by atoms with E-state index < -0.39 is 0 Å². The molecule has 0 bridgehead atoms. The van der Waals surface area contributed by atoms with E-state index in [1.807, 2.05) is 13.2 Å². The summed E-state index contributed by atoms with van der Waals surface area (Å²) in [7, 11) is 2.02. The van der Waals surface area contributed by atoms with E-state index in [0.717, 1.165) is 12.8 Å². The Morgan fingerprint density at radius 2 is 2.06 bits per heavy atom. The minimum atomic E-state index is 0.295. The van der Waals surface area contributed by atoms with Crippen molar-refractivity contribution in [3.05, 3.63) is 29.6 Å². The minimum Gasteiger partial charge on any atom is -0.317 e. The van der Waals surface area contributed by atoms with Gasteiger partial charge in [0.05, 0.1) is 0 Å². The second-order valence-corrected chi connectivity index (χ2v) is 5.75. The second-order valence-electron chi connectivity index (χ2n) is 5.75. The van der Waals surface area contributed by atoms with Crippen LogP contribution in [0.3, 0.4) is 0 Å². The molecule has 1 atom stereocenters. The zero-order valence-corrected chi connectivity index (χ0v) is 11.9. The van der Waals surface area contributed by atoms with E-state index in [2.05, 4.69) is 50.1 Å². The quantitative estimate of drug-likeness (QED) is 0.817. The smallest absolute Gasteiger partial charge is 0.0409 e. The lowest BCUT2D eigenvalue weighted by Crippen LogP contribution is -2.29. The van der Waals surface area contributed by atoms with Gasteiger partial charge in [-0.2, -0.15) is 0 Å². The summed E-state index contributed by atoms with van der Waals surface area (Å²) in [4.78, 5) is 4.55. The van der Waals surface area contributed by atoms with Crippen LogP contribution in [0.1, 0.15) is 45.4 Å². The Labute approximate surface area is 106 Å². The SMILES string of the molecule is CCc1ccc(CC(C)(C)CC(C)NC)nc1. The third-order valence-electron chi connectivity index (χ3n) is 3.31. The predicted molar refractivity (Wildman–Crippen MR) is 74.2 cm³/mol. The number of aryl methyl sites for hydroxylation is 1. The number of nitrogens with zero attached hydrogens (tertiary/aromatic N) is 1. The van der Waals surface area contributed by atoms with Crippen LogP contribution in [0.5, 0.6) is 0 Å². The monoisotopic (exact) mass is 234 g/mol. The van der Waals surface area contributed by atoms with Gasteiger partial charge in [-0.25, -0.2) is 0 Å². The standard InChI is InChI=1S/C15H26N2/c1-6-13-7-8-14(17-11-13)10-15(3,4)9-12(2)16-5/h7-8,11-12,16H,6,9-10H2,1-5H3. The van der Waals surface area contributed by atoms with E-state index in [1.54, 1.807) is 0 Å². The van der Waals surface area contributed by atoms with Crippen molar-refractivity contribution >= 4 is 0 Å². The zero-order valence-electron chi connectivity index (χ0n) is 11.9. The molecule has 0 saturated heterocycles. The molecule has 0 amide bonds. The fourth-order valence-electron chi connectivity index (χ4n) is 2.26. The van der Waals surface area contributed by atoms with Crippen molar-refractivity contribution in [2.24, 2.45) is 5.41 Å². The topological polar surface area (TPSA) is 24.9 Å². The van der Waals surface area contributed by atoms with Crippen molar-refractivity contribution in [1.82, 2.24) is 10.3 Å². The molecule has 96 valence electrons. The molecule has 1 N–H and O–H groups in total. The Bertz CT molecular complexity index is 327. The average molecular weight is 234 g/mol. The van der Waals surface area contributed by atoms with Gasteiger partial charge in [0, 0.05) is 17.9 Å². The molecule has 0 fully saturated rings. The van der Waals surface area contributed by atoms with Crippen LogP contribution in [0.2, 0.25) is 0 Å². The van der Waals surface area contributed by atoms with Crippen LogP contribution in [0, 0.1) is 5.41 Å². The first-order valence-corrected chi connectivity index (χ1v) is 6.58. The molecule has 0 aliphatic heterocycles. The summed E-state index contributed by atoms with van der Waals surface area (Å²) in [5.74, 6) is 0. The molecule has 1 aromatic heterocycles. The van der Waals surface area contributed by atoms with Gasteiger partial charge >= 0.3 is 0 Å². The highest BCUT2D eigenvalue weighted by molar-refractivity contribution is 5.14. The maximum absolute atomic E-state index is 4.55. The highest BCUT2D eigenvalue weighted by Crippen LogP contribution is 2.26. The van der Waals surface area contributed by atoms with Gasteiger partial charge in [-0.3, -0.25) is 4.98 Å². The lowest BCUT2D eigenvalue weighted by Gasteiger charge is -2.27. The number of pyridine rings is 1. The van der Waals surface area contributed by atoms with Gasteiger partial charge in [-0.1, -0.05) is 26.8 Å². The van der Waals surface area contributed by atoms with E-state index >= 15 is 0 Å². The molecule has 17 heavy (non-hydrogen) atoms. The molecule has 0 aliphatic rings. The molecule has 1 unspecified atom stereocenters. The van der Waals surface area contributed by atoms with Gasteiger partial charge in [-0.05, 0) is 50.3 Å². The number of hydrogen-bond acceptors (Lipinski definition) is 2. The second kappa shape index (κ2) is 6.15. The van der Waals surface area contributed by atoms with Crippen LogP contribution in [-0.4, -0.2) is 18.1 Å². The Kier molecular flexibility index (Phi) is 5.13. The molecule has 0 saturated carbocycles. The summed E-state index contributed by atoms with van der Waals surface area (Å²) in [5, 5.41) is 3.30.